The van der Waals surface area contributed by atoms with Gasteiger partial charge in [0.1, 0.15) is 18.0 Å². The van der Waals surface area contributed by atoms with Crippen molar-refractivity contribution in [3.05, 3.63) is 27.3 Å². The maximum atomic E-state index is 12.2. The fraction of sp³-hybridized carbons (Fsp3) is 0.385. The highest BCUT2D eigenvalue weighted by Crippen LogP contribution is 2.28. The van der Waals surface area contributed by atoms with Crippen molar-refractivity contribution in [2.24, 2.45) is 0 Å². The highest BCUT2D eigenvalue weighted by molar-refractivity contribution is 14.1. The highest BCUT2D eigenvalue weighted by atomic mass is 127. The van der Waals surface area contributed by atoms with Gasteiger partial charge < -0.3 is 19.8 Å². The van der Waals surface area contributed by atoms with Crippen LogP contribution >= 0.6 is 22.6 Å². The number of benzene rings is 1. The maximum absolute atomic E-state index is 12.2. The van der Waals surface area contributed by atoms with Crippen LogP contribution in [0.2, 0.25) is 0 Å². The summed E-state index contributed by atoms with van der Waals surface area (Å²) in [6, 6.07) is 4.75. The van der Waals surface area contributed by atoms with E-state index in [0.29, 0.717) is 22.2 Å². The number of carboxylic acids is 1. The standard InChI is InChI=1S/C13H14INO5/c1-13(20-5-11(17)18)6-15(7-13)12(19)8-2-3-9(14)10(16)4-8/h2-4,16H,5-7H2,1H3,(H,17,18). The van der Waals surface area contributed by atoms with E-state index in [2.05, 4.69) is 0 Å². The van der Waals surface area contributed by atoms with Crippen molar-refractivity contribution < 1.29 is 24.5 Å². The molecule has 0 bridgehead atoms. The van der Waals surface area contributed by atoms with E-state index in [1.807, 2.05) is 22.6 Å². The predicted octanol–water partition coefficient (Wildman–Crippen LogP) is 1.31. The highest BCUT2D eigenvalue weighted by Gasteiger charge is 2.43. The first-order valence-electron chi connectivity index (χ1n) is 5.94. The third kappa shape index (κ3) is 3.21. The zero-order valence-electron chi connectivity index (χ0n) is 10.8. The third-order valence-corrected chi connectivity index (χ3v) is 3.99. The molecule has 108 valence electrons. The summed E-state index contributed by atoms with van der Waals surface area (Å²) in [4.78, 5) is 24.2. The van der Waals surface area contributed by atoms with Gasteiger partial charge in [0.15, 0.2) is 0 Å². The number of phenols is 1. The van der Waals surface area contributed by atoms with E-state index in [1.165, 1.54) is 6.07 Å². The number of nitrogens with zero attached hydrogens (tertiary/aromatic N) is 1. The van der Waals surface area contributed by atoms with Gasteiger partial charge in [-0.3, -0.25) is 4.79 Å². The predicted molar refractivity (Wildman–Crippen MR) is 78.7 cm³/mol. The second kappa shape index (κ2) is 5.57. The van der Waals surface area contributed by atoms with E-state index < -0.39 is 11.6 Å². The molecule has 1 heterocycles. The molecule has 0 saturated carbocycles. The largest absolute Gasteiger partial charge is 0.507 e. The van der Waals surface area contributed by atoms with Crippen molar-refractivity contribution in [1.29, 1.82) is 0 Å². The van der Waals surface area contributed by atoms with Crippen LogP contribution < -0.4 is 0 Å². The first kappa shape index (κ1) is 15.0. The Hall–Kier alpha value is -1.35. The van der Waals surface area contributed by atoms with Gasteiger partial charge in [-0.15, -0.1) is 0 Å². The number of halogens is 1. The molecule has 1 aliphatic rings. The van der Waals surface area contributed by atoms with Crippen molar-refractivity contribution in [2.75, 3.05) is 19.7 Å². The van der Waals surface area contributed by atoms with Gasteiger partial charge in [0.25, 0.3) is 5.91 Å². The Morgan fingerprint density at radius 3 is 2.65 bits per heavy atom. The molecule has 0 radical (unpaired) electrons. The number of rotatable bonds is 4. The van der Waals surface area contributed by atoms with Crippen molar-refractivity contribution in [3.63, 3.8) is 0 Å². The molecule has 0 atom stereocenters. The molecular formula is C13H14INO5. The minimum absolute atomic E-state index is 0.0712. The van der Waals surface area contributed by atoms with Gasteiger partial charge in [0.05, 0.1) is 16.7 Å². The molecule has 20 heavy (non-hydrogen) atoms. The number of hydrogen-bond donors (Lipinski definition) is 2. The molecule has 2 rings (SSSR count). The zero-order chi connectivity index (χ0) is 14.9. The molecule has 1 amide bonds. The average molecular weight is 391 g/mol. The van der Waals surface area contributed by atoms with Gasteiger partial charge in [-0.1, -0.05) is 0 Å². The fourth-order valence-corrected chi connectivity index (χ4v) is 2.40. The van der Waals surface area contributed by atoms with Gasteiger partial charge in [-0.25, -0.2) is 4.79 Å². The Balaban J connectivity index is 1.96. The molecular weight excluding hydrogens is 377 g/mol. The Morgan fingerprint density at radius 2 is 2.10 bits per heavy atom. The molecule has 2 N–H and O–H groups in total. The van der Waals surface area contributed by atoms with E-state index in [9.17, 15) is 14.7 Å². The Morgan fingerprint density at radius 1 is 1.45 bits per heavy atom. The summed E-state index contributed by atoms with van der Waals surface area (Å²) in [5.74, 6) is -1.16. The summed E-state index contributed by atoms with van der Waals surface area (Å²) in [6.07, 6.45) is 0. The molecule has 0 aliphatic carbocycles. The number of phenolic OH excluding ortho intramolecular Hbond substituents is 1. The smallest absolute Gasteiger partial charge is 0.329 e. The molecule has 7 heteroatoms. The SMILES string of the molecule is CC1(OCC(=O)O)CN(C(=O)c2ccc(I)c(O)c2)C1. The number of amides is 1. The van der Waals surface area contributed by atoms with Gasteiger partial charge in [-0.05, 0) is 47.7 Å². The number of likely N-dealkylation sites (tertiary alicyclic amines) is 1. The first-order valence-corrected chi connectivity index (χ1v) is 7.02. The number of ether oxygens (including phenoxy) is 1. The van der Waals surface area contributed by atoms with Crippen LogP contribution in [0.4, 0.5) is 0 Å². The quantitative estimate of drug-likeness (QED) is 0.756. The second-order valence-electron chi connectivity index (χ2n) is 4.96. The Labute approximate surface area is 129 Å². The van der Waals surface area contributed by atoms with E-state index in [4.69, 9.17) is 9.84 Å². The number of carbonyl (C=O) groups is 2. The minimum atomic E-state index is -1.03. The van der Waals surface area contributed by atoms with Crippen LogP contribution in [0.5, 0.6) is 5.75 Å². The lowest BCUT2D eigenvalue weighted by Crippen LogP contribution is -2.63. The van der Waals surface area contributed by atoms with Crippen LogP contribution in [0.3, 0.4) is 0 Å². The molecule has 0 aromatic heterocycles. The number of carboxylic acid groups (broad SMARTS) is 1. The minimum Gasteiger partial charge on any atom is -0.507 e. The first-order chi connectivity index (χ1) is 9.31. The van der Waals surface area contributed by atoms with Gasteiger partial charge in [-0.2, -0.15) is 0 Å². The van der Waals surface area contributed by atoms with Crippen molar-refractivity contribution >= 4 is 34.5 Å². The van der Waals surface area contributed by atoms with Crippen molar-refractivity contribution in [1.82, 2.24) is 4.90 Å². The second-order valence-corrected chi connectivity index (χ2v) is 6.12. The molecule has 6 nitrogen and oxygen atoms in total. The molecule has 1 saturated heterocycles. The van der Waals surface area contributed by atoms with E-state index in [1.54, 1.807) is 24.0 Å². The molecule has 1 aromatic rings. The summed E-state index contributed by atoms with van der Waals surface area (Å²) in [7, 11) is 0. The number of hydrogen-bond acceptors (Lipinski definition) is 4. The Bertz CT molecular complexity index is 554. The van der Waals surface area contributed by atoms with Crippen LogP contribution in [-0.4, -0.2) is 52.3 Å². The number of aliphatic carboxylic acids is 1. The lowest BCUT2D eigenvalue weighted by molar-refractivity contribution is -0.159. The summed E-state index contributed by atoms with van der Waals surface area (Å²) in [5, 5.41) is 18.2. The maximum Gasteiger partial charge on any atom is 0.329 e. The van der Waals surface area contributed by atoms with Crippen LogP contribution in [0, 0.1) is 3.57 Å². The molecule has 1 aliphatic heterocycles. The molecule has 1 fully saturated rings. The van der Waals surface area contributed by atoms with Crippen molar-refractivity contribution in [2.45, 2.75) is 12.5 Å². The molecule has 0 spiro atoms. The lowest BCUT2D eigenvalue weighted by atomic mass is 9.95. The monoisotopic (exact) mass is 391 g/mol. The topological polar surface area (TPSA) is 87.1 Å². The van der Waals surface area contributed by atoms with Crippen LogP contribution in [0.25, 0.3) is 0 Å². The Kier molecular flexibility index (Phi) is 4.19. The summed E-state index contributed by atoms with van der Waals surface area (Å²) < 4.78 is 5.92. The molecule has 0 unspecified atom stereocenters. The average Bonchev–Trinajstić information content (AvgIpc) is 2.35. The normalized spacial score (nSPS) is 16.6. The summed E-state index contributed by atoms with van der Waals surface area (Å²) in [5.41, 5.74) is -0.206. The fourth-order valence-electron chi connectivity index (χ4n) is 2.06. The van der Waals surface area contributed by atoms with Gasteiger partial charge in [0.2, 0.25) is 0 Å². The number of aromatic hydroxyl groups is 1. The van der Waals surface area contributed by atoms with Crippen LogP contribution in [0.15, 0.2) is 18.2 Å². The van der Waals surface area contributed by atoms with E-state index in [-0.39, 0.29) is 18.3 Å². The van der Waals surface area contributed by atoms with Crippen LogP contribution in [0.1, 0.15) is 17.3 Å². The van der Waals surface area contributed by atoms with Gasteiger partial charge in [0, 0.05) is 5.56 Å². The lowest BCUT2D eigenvalue weighted by Gasteiger charge is -2.47. The van der Waals surface area contributed by atoms with E-state index >= 15 is 0 Å². The summed E-state index contributed by atoms with van der Waals surface area (Å²) >= 11 is 1.98. The van der Waals surface area contributed by atoms with Crippen LogP contribution in [-0.2, 0) is 9.53 Å². The van der Waals surface area contributed by atoms with E-state index in [0.717, 1.165) is 0 Å². The van der Waals surface area contributed by atoms with Gasteiger partial charge >= 0.3 is 5.97 Å². The third-order valence-electron chi connectivity index (χ3n) is 3.08. The summed E-state index contributed by atoms with van der Waals surface area (Å²) in [6.45, 7) is 2.08. The van der Waals surface area contributed by atoms with Crippen molar-refractivity contribution in [3.8, 4) is 5.75 Å². The number of carbonyl (C=O) groups excluding carboxylic acids is 1. The molecule has 1 aromatic carbocycles. The zero-order valence-corrected chi connectivity index (χ0v) is 13.0.